The Hall–Kier alpha value is -4.39. The molecule has 1 amide bonds. The van der Waals surface area contributed by atoms with E-state index in [9.17, 15) is 4.79 Å². The molecule has 2 aromatic heterocycles. The number of nitrogens with two attached hydrogens (primary N) is 1. The molecule has 3 rings (SSSR count). The number of furan rings is 1. The molecule has 0 unspecified atom stereocenters. The van der Waals surface area contributed by atoms with Crippen LogP contribution in [0, 0.1) is 0 Å². The molecule has 0 aliphatic carbocycles. The summed E-state index contributed by atoms with van der Waals surface area (Å²) in [7, 11) is 0. The molecule has 6 N–H and O–H groups in total. The molecule has 36 heavy (non-hydrogen) atoms. The summed E-state index contributed by atoms with van der Waals surface area (Å²) in [5, 5.41) is 23.0. The molecule has 0 saturated heterocycles. The molecule has 0 aliphatic heterocycles. The lowest BCUT2D eigenvalue weighted by Gasteiger charge is -2.13. The first-order valence-corrected chi connectivity index (χ1v) is 11.5. The fourth-order valence-electron chi connectivity index (χ4n) is 2.59. The quantitative estimate of drug-likeness (QED) is 0.169. The number of rotatable bonds is 8. The summed E-state index contributed by atoms with van der Waals surface area (Å²) in [6, 6.07) is 11.4. The zero-order valence-corrected chi connectivity index (χ0v) is 20.7. The van der Waals surface area contributed by atoms with Gasteiger partial charge in [-0.1, -0.05) is 18.2 Å². The van der Waals surface area contributed by atoms with Crippen LogP contribution < -0.4 is 21.1 Å². The molecule has 0 radical (unpaired) electrons. The Morgan fingerprint density at radius 1 is 1.17 bits per heavy atom. The Morgan fingerprint density at radius 3 is 2.50 bits per heavy atom. The van der Waals surface area contributed by atoms with Gasteiger partial charge in [-0.2, -0.15) is 0 Å². The summed E-state index contributed by atoms with van der Waals surface area (Å²) >= 11 is 1.40. The van der Waals surface area contributed by atoms with Crippen LogP contribution in [0.2, 0.25) is 0 Å². The maximum Gasteiger partial charge on any atom is 0.414 e. The highest BCUT2D eigenvalue weighted by atomic mass is 32.1. The van der Waals surface area contributed by atoms with Crippen LogP contribution in [-0.2, 0) is 27.5 Å². The maximum absolute atomic E-state index is 11.0. The fourth-order valence-corrected chi connectivity index (χ4v) is 3.30. The Balaban J connectivity index is 0.000000678. The zero-order valence-electron chi connectivity index (χ0n) is 19.8. The lowest BCUT2D eigenvalue weighted by atomic mass is 10.2. The van der Waals surface area contributed by atoms with Crippen molar-refractivity contribution < 1.29 is 33.8 Å². The zero-order chi connectivity index (χ0) is 26.7. The molecule has 12 nitrogen and oxygen atoms in total. The Morgan fingerprint density at radius 2 is 1.86 bits per heavy atom. The number of ether oxygens (including phenoxy) is 1. The number of guanidine groups is 1. The van der Waals surface area contributed by atoms with Crippen LogP contribution in [0.3, 0.4) is 0 Å². The van der Waals surface area contributed by atoms with Crippen molar-refractivity contribution in [1.29, 1.82) is 0 Å². The normalized spacial score (nSPS) is 10.8. The van der Waals surface area contributed by atoms with Crippen LogP contribution in [0.15, 0.2) is 51.2 Å². The molecule has 0 saturated carbocycles. The number of hydrogen-bond acceptors (Lipinski definition) is 8. The molecule has 3 aromatic rings. The number of anilines is 1. The molecule has 0 fully saturated rings. The predicted octanol–water partition coefficient (Wildman–Crippen LogP) is 2.91. The van der Waals surface area contributed by atoms with Crippen molar-refractivity contribution in [2.24, 2.45) is 10.7 Å². The summed E-state index contributed by atoms with van der Waals surface area (Å²) in [6.07, 6.45) is 0.0831. The number of carboxylic acids is 2. The number of carbonyl (C=O) groups is 3. The first-order valence-electron chi connectivity index (χ1n) is 10.6. The summed E-state index contributed by atoms with van der Waals surface area (Å²) in [5.74, 6) is -1.42. The van der Waals surface area contributed by atoms with E-state index in [4.69, 9.17) is 34.7 Å². The lowest BCUT2D eigenvalue weighted by Crippen LogP contribution is -2.22. The minimum atomic E-state index is -1.82. The van der Waals surface area contributed by atoms with Crippen molar-refractivity contribution in [2.75, 3.05) is 5.32 Å². The van der Waals surface area contributed by atoms with E-state index in [0.29, 0.717) is 35.4 Å². The van der Waals surface area contributed by atoms with Gasteiger partial charge < -0.3 is 35.7 Å². The molecule has 0 aliphatic rings. The van der Waals surface area contributed by atoms with Gasteiger partial charge in [-0.05, 0) is 32.0 Å². The summed E-state index contributed by atoms with van der Waals surface area (Å²) < 4.78 is 11.5. The van der Waals surface area contributed by atoms with E-state index in [2.05, 4.69) is 20.6 Å². The number of aliphatic imine (C=N–C) groups is 1. The van der Waals surface area contributed by atoms with Gasteiger partial charge in [0, 0.05) is 17.9 Å². The van der Waals surface area contributed by atoms with E-state index in [1.54, 1.807) is 0 Å². The average molecular weight is 518 g/mol. The highest BCUT2D eigenvalue weighted by molar-refractivity contribution is 7.14. The molecule has 2 heterocycles. The second-order valence-electron chi connectivity index (χ2n) is 7.42. The van der Waals surface area contributed by atoms with Crippen molar-refractivity contribution in [2.45, 2.75) is 40.0 Å². The van der Waals surface area contributed by atoms with Crippen molar-refractivity contribution in [3.63, 3.8) is 0 Å². The van der Waals surface area contributed by atoms with Gasteiger partial charge in [-0.15, -0.1) is 11.3 Å². The van der Waals surface area contributed by atoms with Crippen molar-refractivity contribution in [3.8, 4) is 17.2 Å². The van der Waals surface area contributed by atoms with Gasteiger partial charge >= 0.3 is 11.9 Å². The van der Waals surface area contributed by atoms with Gasteiger partial charge in [0.25, 0.3) is 0 Å². The number of carboxylic acid groups (broad SMARTS) is 2. The van der Waals surface area contributed by atoms with Gasteiger partial charge in [0.2, 0.25) is 5.91 Å². The largest absolute Gasteiger partial charge is 0.491 e. The third kappa shape index (κ3) is 9.46. The summed E-state index contributed by atoms with van der Waals surface area (Å²) in [5.41, 5.74) is 7.66. The van der Waals surface area contributed by atoms with Crippen molar-refractivity contribution >= 4 is 40.3 Å². The minimum Gasteiger partial charge on any atom is -0.491 e. The Bertz CT molecular complexity index is 1210. The number of nitrogens with one attached hydrogen (secondary N) is 2. The van der Waals surface area contributed by atoms with Gasteiger partial charge in [-0.25, -0.2) is 19.6 Å². The number of nitrogens with zero attached hydrogens (tertiary/aromatic N) is 2. The first-order chi connectivity index (χ1) is 17.0. The van der Waals surface area contributed by atoms with Gasteiger partial charge in [0.1, 0.15) is 17.2 Å². The van der Waals surface area contributed by atoms with Gasteiger partial charge in [0.15, 0.2) is 16.9 Å². The summed E-state index contributed by atoms with van der Waals surface area (Å²) in [6.45, 7) is 6.16. The number of thiazole rings is 1. The number of benzene rings is 1. The van der Waals surface area contributed by atoms with Crippen molar-refractivity contribution in [1.82, 2.24) is 10.3 Å². The molecular formula is C23H27N5O7S. The smallest absolute Gasteiger partial charge is 0.414 e. The van der Waals surface area contributed by atoms with Crippen molar-refractivity contribution in [3.05, 3.63) is 53.1 Å². The Labute approximate surface area is 210 Å². The van der Waals surface area contributed by atoms with Crippen LogP contribution in [0.5, 0.6) is 5.75 Å². The molecule has 192 valence electrons. The van der Waals surface area contributed by atoms with E-state index in [-0.39, 0.29) is 18.0 Å². The number of carbonyl (C=O) groups excluding carboxylic acids is 1. The van der Waals surface area contributed by atoms with Crippen LogP contribution in [-0.4, -0.2) is 45.1 Å². The van der Waals surface area contributed by atoms with E-state index < -0.39 is 11.9 Å². The van der Waals surface area contributed by atoms with Gasteiger partial charge in [-0.3, -0.25) is 4.79 Å². The lowest BCUT2D eigenvalue weighted by molar-refractivity contribution is -0.159. The number of para-hydroxylation sites is 1. The highest BCUT2D eigenvalue weighted by Crippen LogP contribution is 2.26. The second kappa shape index (κ2) is 13.5. The molecule has 0 spiro atoms. The number of amides is 1. The van der Waals surface area contributed by atoms with E-state index in [0.717, 1.165) is 11.3 Å². The van der Waals surface area contributed by atoms with E-state index in [1.807, 2.05) is 55.6 Å². The first kappa shape index (κ1) is 27.9. The second-order valence-corrected chi connectivity index (χ2v) is 8.28. The average Bonchev–Trinajstić information content (AvgIpc) is 3.46. The molecule has 1 aromatic carbocycles. The third-order valence-electron chi connectivity index (χ3n) is 4.10. The standard InChI is InChI=1S/C21H25N5O3S.C2H2O4/c1-13(2)28-18-7-5-4-6-15(18)10-24-20(22)26-21-25-17(12-30-21)19-9-8-16(29-19)11-23-14(3)27;3-1(4)2(5)6/h4-9,12-13H,10-11H2,1-3H3,(H,23,27)(H3,22,24,25,26);(H,3,4)(H,5,6). The van der Waals surface area contributed by atoms with E-state index >= 15 is 0 Å². The topological polar surface area (TPSA) is 189 Å². The Kier molecular flexibility index (Phi) is 10.4. The predicted molar refractivity (Wildman–Crippen MR) is 134 cm³/mol. The third-order valence-corrected chi connectivity index (χ3v) is 4.86. The fraction of sp³-hybridized carbons (Fsp3) is 0.261. The van der Waals surface area contributed by atoms with Gasteiger partial charge in [0.05, 0.1) is 19.2 Å². The SMILES string of the molecule is CC(=O)NCc1ccc(-c2csc(NC(N)=NCc3ccccc3OC(C)C)n2)o1.O=C(O)C(=O)O. The molecule has 0 atom stereocenters. The number of aromatic nitrogens is 1. The molecule has 13 heteroatoms. The van der Waals surface area contributed by atoms with E-state index in [1.165, 1.54) is 18.3 Å². The maximum atomic E-state index is 11.0. The molecular weight excluding hydrogens is 490 g/mol. The monoisotopic (exact) mass is 517 g/mol. The van der Waals surface area contributed by atoms with Crippen LogP contribution in [0.4, 0.5) is 5.13 Å². The van der Waals surface area contributed by atoms with Crippen LogP contribution in [0.1, 0.15) is 32.1 Å². The summed E-state index contributed by atoms with van der Waals surface area (Å²) in [4.78, 5) is 38.1. The van der Waals surface area contributed by atoms with Crippen LogP contribution >= 0.6 is 11.3 Å². The number of hydrogen-bond donors (Lipinski definition) is 5. The minimum absolute atomic E-state index is 0.0831. The molecule has 0 bridgehead atoms. The number of aliphatic carboxylic acids is 2. The van der Waals surface area contributed by atoms with Crippen LogP contribution in [0.25, 0.3) is 11.5 Å². The highest BCUT2D eigenvalue weighted by Gasteiger charge is 2.11.